The number of fused-ring (bicyclic) bond motifs is 1. The maximum absolute atomic E-state index is 12.0. The second-order valence-corrected chi connectivity index (χ2v) is 6.51. The van der Waals surface area contributed by atoms with Crippen LogP contribution >= 0.6 is 11.8 Å². The van der Waals surface area contributed by atoms with Gasteiger partial charge < -0.3 is 0 Å². The van der Waals surface area contributed by atoms with Gasteiger partial charge in [0, 0.05) is 36.2 Å². The van der Waals surface area contributed by atoms with Crippen LogP contribution < -0.4 is 5.56 Å². The lowest BCUT2D eigenvalue weighted by Gasteiger charge is -2.28. The molecule has 20 heavy (non-hydrogen) atoms. The number of hydrogen-bond donors (Lipinski definition) is 1. The minimum absolute atomic E-state index is 0.0451. The maximum atomic E-state index is 12.0. The van der Waals surface area contributed by atoms with Gasteiger partial charge >= 0.3 is 0 Å². The third-order valence-electron chi connectivity index (χ3n) is 4.13. The Balaban J connectivity index is 1.80. The fourth-order valence-electron chi connectivity index (χ4n) is 3.12. The monoisotopic (exact) mass is 292 g/mol. The smallest absolute Gasteiger partial charge is 0.272 e. The summed E-state index contributed by atoms with van der Waals surface area (Å²) in [4.78, 5) is 18.8. The second-order valence-electron chi connectivity index (χ2n) is 5.43. The molecule has 108 valence electrons. The number of nitrogens with one attached hydrogen (secondary N) is 1. The van der Waals surface area contributed by atoms with Crippen molar-refractivity contribution in [1.29, 1.82) is 0 Å². The molecular weight excluding hydrogens is 272 g/mol. The first-order valence-corrected chi connectivity index (χ1v) is 8.27. The van der Waals surface area contributed by atoms with Gasteiger partial charge in [0.2, 0.25) is 0 Å². The number of aromatic amines is 1. The van der Waals surface area contributed by atoms with Gasteiger partial charge in [-0.15, -0.1) is 0 Å². The summed E-state index contributed by atoms with van der Waals surface area (Å²) >= 11 is 1.95. The van der Waals surface area contributed by atoms with Crippen LogP contribution in [0, 0.1) is 0 Å². The summed E-state index contributed by atoms with van der Waals surface area (Å²) in [6.07, 6.45) is 7.76. The fourth-order valence-corrected chi connectivity index (χ4v) is 4.18. The minimum atomic E-state index is -0.0451. The molecule has 0 spiro atoms. The Kier molecular flexibility index (Phi) is 3.85. The molecule has 0 radical (unpaired) electrons. The molecule has 2 aromatic rings. The predicted octanol–water partition coefficient (Wildman–Crippen LogP) is 1.74. The van der Waals surface area contributed by atoms with Crippen molar-refractivity contribution in [2.45, 2.75) is 37.1 Å². The van der Waals surface area contributed by atoms with Gasteiger partial charge in [-0.2, -0.15) is 11.8 Å². The van der Waals surface area contributed by atoms with Crippen molar-refractivity contribution in [2.24, 2.45) is 0 Å². The van der Waals surface area contributed by atoms with Crippen molar-refractivity contribution >= 4 is 17.4 Å². The first kappa shape index (κ1) is 13.7. The molecule has 3 rings (SSSR count). The van der Waals surface area contributed by atoms with Gasteiger partial charge in [0.05, 0.1) is 5.69 Å². The maximum Gasteiger partial charge on any atom is 0.272 e. The molecule has 2 heterocycles. The molecule has 1 aliphatic carbocycles. The molecule has 5 nitrogen and oxygen atoms in total. The number of rotatable bonds is 4. The Morgan fingerprint density at radius 1 is 1.55 bits per heavy atom. The Labute approximate surface area is 122 Å². The van der Waals surface area contributed by atoms with Gasteiger partial charge in [-0.3, -0.25) is 14.8 Å². The molecule has 0 aliphatic heterocycles. The van der Waals surface area contributed by atoms with Crippen LogP contribution in [0.4, 0.5) is 0 Å². The van der Waals surface area contributed by atoms with E-state index in [0.29, 0.717) is 16.9 Å². The van der Waals surface area contributed by atoms with E-state index in [4.69, 9.17) is 0 Å². The van der Waals surface area contributed by atoms with E-state index in [2.05, 4.69) is 28.3 Å². The van der Waals surface area contributed by atoms with Gasteiger partial charge in [-0.05, 0) is 26.1 Å². The largest absolute Gasteiger partial charge is 0.297 e. The summed E-state index contributed by atoms with van der Waals surface area (Å²) in [6, 6.07) is 4.05. The third-order valence-corrected chi connectivity index (χ3v) is 5.29. The molecule has 2 atom stereocenters. The molecule has 1 fully saturated rings. The molecule has 1 aliphatic rings. The molecule has 6 heteroatoms. The Morgan fingerprint density at radius 3 is 3.20 bits per heavy atom. The number of aromatic nitrogens is 3. The standard InChI is InChI=1S/C14H20N4OS/c1-17(11-4-3-5-12(11)20-2)9-10-8-14(19)18-13(16-10)6-7-15-18/h6-8,11-12,15H,3-5,9H2,1-2H3. The zero-order chi connectivity index (χ0) is 14.1. The first-order valence-electron chi connectivity index (χ1n) is 6.98. The van der Waals surface area contributed by atoms with E-state index in [1.54, 1.807) is 12.3 Å². The normalized spacial score (nSPS) is 22.9. The van der Waals surface area contributed by atoms with Gasteiger partial charge in [0.15, 0.2) is 5.65 Å². The van der Waals surface area contributed by atoms with Crippen LogP contribution in [0.1, 0.15) is 25.0 Å². The molecule has 2 unspecified atom stereocenters. The molecule has 0 amide bonds. The van der Waals surface area contributed by atoms with Crippen LogP contribution in [0.2, 0.25) is 0 Å². The summed E-state index contributed by atoms with van der Waals surface area (Å²) in [5.41, 5.74) is 1.49. The summed E-state index contributed by atoms with van der Waals surface area (Å²) in [5.74, 6) is 0. The SMILES string of the molecule is CSC1CCCC1N(C)Cc1cc(=O)n2[nH]ccc2n1. The minimum Gasteiger partial charge on any atom is -0.297 e. The number of H-pyrrole nitrogens is 1. The summed E-state index contributed by atoms with van der Waals surface area (Å²) in [6.45, 7) is 0.735. The average molecular weight is 292 g/mol. The summed E-state index contributed by atoms with van der Waals surface area (Å²) < 4.78 is 1.46. The second kappa shape index (κ2) is 5.61. The Morgan fingerprint density at radius 2 is 2.40 bits per heavy atom. The van der Waals surface area contributed by atoms with E-state index in [0.717, 1.165) is 12.2 Å². The molecule has 0 aromatic carbocycles. The highest BCUT2D eigenvalue weighted by molar-refractivity contribution is 7.99. The lowest BCUT2D eigenvalue weighted by molar-refractivity contribution is 0.239. The van der Waals surface area contributed by atoms with Crippen LogP contribution in [0.5, 0.6) is 0 Å². The Hall–Kier alpha value is -1.27. The molecule has 0 saturated heterocycles. The van der Waals surface area contributed by atoms with Crippen LogP contribution in [-0.2, 0) is 6.54 Å². The van der Waals surface area contributed by atoms with Crippen molar-refractivity contribution in [3.05, 3.63) is 34.4 Å². The van der Waals surface area contributed by atoms with Gasteiger partial charge in [-0.1, -0.05) is 6.42 Å². The molecule has 1 saturated carbocycles. The zero-order valence-electron chi connectivity index (χ0n) is 11.9. The molecule has 0 bridgehead atoms. The van der Waals surface area contributed by atoms with Crippen LogP contribution in [0.25, 0.3) is 5.65 Å². The van der Waals surface area contributed by atoms with Crippen molar-refractivity contribution in [1.82, 2.24) is 19.5 Å². The highest BCUT2D eigenvalue weighted by Gasteiger charge is 2.29. The van der Waals surface area contributed by atoms with Gasteiger partial charge in [-0.25, -0.2) is 9.50 Å². The quantitative estimate of drug-likeness (QED) is 0.932. The predicted molar refractivity (Wildman–Crippen MR) is 82.2 cm³/mol. The van der Waals surface area contributed by atoms with E-state index in [1.165, 1.54) is 23.8 Å². The van der Waals surface area contributed by atoms with Crippen molar-refractivity contribution < 1.29 is 0 Å². The summed E-state index contributed by atoms with van der Waals surface area (Å²) in [7, 11) is 2.14. The highest BCUT2D eigenvalue weighted by Crippen LogP contribution is 2.31. The number of hydrogen-bond acceptors (Lipinski definition) is 4. The third kappa shape index (κ3) is 2.50. The van der Waals surface area contributed by atoms with E-state index < -0.39 is 0 Å². The molecular formula is C14H20N4OS. The zero-order valence-corrected chi connectivity index (χ0v) is 12.7. The van der Waals surface area contributed by atoms with E-state index in [9.17, 15) is 4.79 Å². The lowest BCUT2D eigenvalue weighted by atomic mass is 10.2. The first-order chi connectivity index (χ1) is 9.69. The number of nitrogens with zero attached hydrogens (tertiary/aromatic N) is 3. The van der Waals surface area contributed by atoms with Crippen LogP contribution in [0.3, 0.4) is 0 Å². The van der Waals surface area contributed by atoms with Crippen molar-refractivity contribution in [3.8, 4) is 0 Å². The fraction of sp³-hybridized carbons (Fsp3) is 0.571. The molecule has 2 aromatic heterocycles. The van der Waals surface area contributed by atoms with Gasteiger partial charge in [0.25, 0.3) is 5.56 Å². The van der Waals surface area contributed by atoms with Crippen LogP contribution in [0.15, 0.2) is 23.1 Å². The lowest BCUT2D eigenvalue weighted by Crippen LogP contribution is -2.36. The van der Waals surface area contributed by atoms with Crippen LogP contribution in [-0.4, -0.2) is 44.1 Å². The van der Waals surface area contributed by atoms with Crippen molar-refractivity contribution in [3.63, 3.8) is 0 Å². The van der Waals surface area contributed by atoms with E-state index in [1.807, 2.05) is 17.8 Å². The highest BCUT2D eigenvalue weighted by atomic mass is 32.2. The molecule has 1 N–H and O–H groups in total. The summed E-state index contributed by atoms with van der Waals surface area (Å²) in [5, 5.41) is 3.57. The topological polar surface area (TPSA) is 53.4 Å². The van der Waals surface area contributed by atoms with Gasteiger partial charge in [0.1, 0.15) is 0 Å². The van der Waals surface area contributed by atoms with E-state index >= 15 is 0 Å². The van der Waals surface area contributed by atoms with E-state index in [-0.39, 0.29) is 5.56 Å². The van der Waals surface area contributed by atoms with Crippen molar-refractivity contribution in [2.75, 3.05) is 13.3 Å². The average Bonchev–Trinajstić information content (AvgIpc) is 3.06. The Bertz CT molecular complexity index is 650. The number of thioether (sulfide) groups is 1.